The van der Waals surface area contributed by atoms with Gasteiger partial charge >= 0.3 is 0 Å². The fourth-order valence-electron chi connectivity index (χ4n) is 8.81. The summed E-state index contributed by atoms with van der Waals surface area (Å²) in [5.41, 5.74) is 8.30. The molecule has 0 radical (unpaired) electrons. The summed E-state index contributed by atoms with van der Waals surface area (Å²) in [7, 11) is -3.85. The van der Waals surface area contributed by atoms with Crippen LogP contribution in [0.4, 0.5) is 0 Å². The molecule has 3 aromatic carbocycles. The number of hydrogen-bond acceptors (Lipinski definition) is 14. The molecule has 0 spiro atoms. The molecule has 2 aliphatic heterocycles. The van der Waals surface area contributed by atoms with Crippen molar-refractivity contribution in [1.82, 2.24) is 40.6 Å². The molecule has 2 aliphatic rings. The summed E-state index contributed by atoms with van der Waals surface area (Å²) < 4.78 is 34.6. The maximum absolute atomic E-state index is 14.2. The number of hydrogen-bond donors (Lipinski definition) is 4. The number of thiazole rings is 1. The molecule has 16 nitrogen and oxygen atoms in total. The summed E-state index contributed by atoms with van der Waals surface area (Å²) in [6, 6.07) is 19.0. The van der Waals surface area contributed by atoms with Crippen molar-refractivity contribution in [2.75, 3.05) is 25.4 Å². The number of carbonyl (C=O) groups is 3. The van der Waals surface area contributed by atoms with Gasteiger partial charge in [0.25, 0.3) is 5.91 Å². The average molecular weight is 1050 g/mol. The smallest absolute Gasteiger partial charge is 0.258 e. The number of β-amino-alcohol motifs (C(OH)–C–C–N with tert-alkyl or cyclic N) is 1. The Hall–Kier alpha value is -6.25. The number of sulfone groups is 1. The third-order valence-corrected chi connectivity index (χ3v) is 17.0. The SMILES string of the molecule is C=C(NCc1ccc(-c2scnc2C)cc1)[C@@H]1C[C@@H](O)CN1C(=O)[C@@H](NC(=O)COc1ccc(S(=O)(=O)CCNC(=O)CC2N=C(c3ccc(Cl)cc3)c3c(sc(C)c3C)-n3c(C)nnc32)cc1)C(C)(C)C. The maximum Gasteiger partial charge on any atom is 0.258 e. The lowest BCUT2D eigenvalue weighted by atomic mass is 9.85. The van der Waals surface area contributed by atoms with Crippen molar-refractivity contribution in [1.29, 1.82) is 0 Å². The molecule has 1 fully saturated rings. The monoisotopic (exact) mass is 1050 g/mol. The first-order valence-electron chi connectivity index (χ1n) is 23.5. The van der Waals surface area contributed by atoms with Gasteiger partial charge in [-0.25, -0.2) is 13.4 Å². The van der Waals surface area contributed by atoms with Gasteiger partial charge in [0.2, 0.25) is 11.8 Å². The van der Waals surface area contributed by atoms with E-state index in [4.69, 9.17) is 21.3 Å². The lowest BCUT2D eigenvalue weighted by Crippen LogP contribution is -2.57. The lowest BCUT2D eigenvalue weighted by Gasteiger charge is -2.36. The highest BCUT2D eigenvalue weighted by Crippen LogP contribution is 2.40. The number of aromatic nitrogens is 4. The minimum atomic E-state index is -3.85. The average Bonchev–Trinajstić information content (AvgIpc) is 4.11. The van der Waals surface area contributed by atoms with Crippen LogP contribution in [0.25, 0.3) is 15.4 Å². The van der Waals surface area contributed by atoms with Gasteiger partial charge in [0.1, 0.15) is 28.7 Å². The predicted molar refractivity (Wildman–Crippen MR) is 281 cm³/mol. The van der Waals surface area contributed by atoms with Crippen LogP contribution < -0.4 is 20.7 Å². The Kier molecular flexibility index (Phi) is 15.5. The number of amides is 3. The largest absolute Gasteiger partial charge is 0.484 e. The van der Waals surface area contributed by atoms with Gasteiger partial charge in [0.05, 0.1) is 51.0 Å². The number of nitrogens with one attached hydrogen (secondary N) is 3. The van der Waals surface area contributed by atoms with Gasteiger partial charge in [-0.3, -0.25) is 23.9 Å². The number of aliphatic hydroxyl groups is 1. The highest BCUT2D eigenvalue weighted by molar-refractivity contribution is 7.91. The van der Waals surface area contributed by atoms with E-state index in [0.717, 1.165) is 48.3 Å². The van der Waals surface area contributed by atoms with Gasteiger partial charge in [-0.15, -0.1) is 32.9 Å². The summed E-state index contributed by atoms with van der Waals surface area (Å²) in [5, 5.41) is 30.0. The number of benzene rings is 3. The molecule has 1 saturated heterocycles. The van der Waals surface area contributed by atoms with E-state index < -0.39 is 57.9 Å². The number of aliphatic hydroxyl groups excluding tert-OH is 1. The molecule has 378 valence electrons. The molecule has 3 amide bonds. The number of carbonyl (C=O) groups excluding carboxylic acids is 3. The highest BCUT2D eigenvalue weighted by Gasteiger charge is 2.43. The van der Waals surface area contributed by atoms with E-state index in [1.165, 1.54) is 24.3 Å². The van der Waals surface area contributed by atoms with Crippen LogP contribution in [0, 0.1) is 33.1 Å². The van der Waals surface area contributed by atoms with E-state index in [1.807, 2.05) is 88.0 Å². The van der Waals surface area contributed by atoms with Crippen molar-refractivity contribution >= 4 is 67.5 Å². The number of aliphatic imine (C=N–C) groups is 1. The molecule has 4 atom stereocenters. The number of aryl methyl sites for hydroxylation is 3. The number of rotatable bonds is 17. The van der Waals surface area contributed by atoms with Crippen LogP contribution in [0.5, 0.6) is 5.75 Å². The van der Waals surface area contributed by atoms with E-state index in [0.29, 0.717) is 41.0 Å². The van der Waals surface area contributed by atoms with Gasteiger partial charge in [0, 0.05) is 52.8 Å². The molecule has 20 heteroatoms. The lowest BCUT2D eigenvalue weighted by molar-refractivity contribution is -0.140. The molecule has 8 rings (SSSR count). The van der Waals surface area contributed by atoms with Crippen molar-refractivity contribution in [3.8, 4) is 21.2 Å². The van der Waals surface area contributed by atoms with Gasteiger partial charge in [-0.2, -0.15) is 0 Å². The number of halogens is 1. The second-order valence-corrected chi connectivity index (χ2v) is 23.7. The summed E-state index contributed by atoms with van der Waals surface area (Å²) >= 11 is 9.43. The molecular formula is C52H58ClN9O7S3. The molecule has 72 heavy (non-hydrogen) atoms. The molecule has 0 saturated carbocycles. The van der Waals surface area contributed by atoms with Crippen LogP contribution in [0.2, 0.25) is 5.02 Å². The molecule has 1 unspecified atom stereocenters. The Morgan fingerprint density at radius 2 is 1.64 bits per heavy atom. The number of fused-ring (bicyclic) bond motifs is 3. The molecule has 4 N–H and O–H groups in total. The Labute approximate surface area is 432 Å². The minimum absolute atomic E-state index is 0.00614. The zero-order valence-corrected chi connectivity index (χ0v) is 44.4. The van der Waals surface area contributed by atoms with Crippen molar-refractivity contribution in [2.45, 2.75) is 97.0 Å². The van der Waals surface area contributed by atoms with Crippen LogP contribution in [0.3, 0.4) is 0 Å². The molecule has 0 bridgehead atoms. The van der Waals surface area contributed by atoms with Crippen LogP contribution in [0.15, 0.2) is 100 Å². The Morgan fingerprint density at radius 3 is 2.31 bits per heavy atom. The second-order valence-electron chi connectivity index (χ2n) is 19.1. The fraction of sp³-hybridized carbons (Fsp3) is 0.365. The number of ether oxygens (including phenoxy) is 1. The summed E-state index contributed by atoms with van der Waals surface area (Å²) in [4.78, 5) is 54.4. The van der Waals surface area contributed by atoms with E-state index in [1.54, 1.807) is 39.7 Å². The zero-order valence-electron chi connectivity index (χ0n) is 41.2. The molecule has 3 aromatic heterocycles. The standard InChI is InChI=1S/C52H58ClN9O7S3/c1-29-32(4)71-51-45(29)46(35-13-15-37(53)16-14-35)57-41(49-60-59-33(5)62(49)51)24-43(64)54-21-22-72(67,68)40-19-17-39(18-20-40)69-27-44(65)58-48(52(6,7)8)50(66)61-26-38(63)23-42(61)30(2)55-25-34-9-11-36(12-10-34)47-31(3)56-28-70-47/h9-20,28,38,41-42,48,55,63H,2,21-27H2,1,3-8H3,(H,54,64)(H,58,65)/t38-,41?,42+,48-/m1/s1. The summed E-state index contributed by atoms with van der Waals surface area (Å²) in [6.07, 6.45) is -0.584. The van der Waals surface area contributed by atoms with E-state index in [-0.39, 0.29) is 41.8 Å². The van der Waals surface area contributed by atoms with Crippen molar-refractivity contribution in [2.24, 2.45) is 10.4 Å². The van der Waals surface area contributed by atoms with Gasteiger partial charge < -0.3 is 30.7 Å². The Bertz CT molecular complexity index is 3140. The first kappa shape index (κ1) is 52.1. The third-order valence-electron chi connectivity index (χ3n) is 12.8. The van der Waals surface area contributed by atoms with Crippen LogP contribution in [0.1, 0.15) is 84.1 Å². The number of likely N-dealkylation sites (tertiary alicyclic amines) is 1. The molecular weight excluding hydrogens is 994 g/mol. The maximum atomic E-state index is 14.2. The molecule has 0 aliphatic carbocycles. The zero-order chi connectivity index (χ0) is 51.6. The van der Waals surface area contributed by atoms with E-state index >= 15 is 0 Å². The van der Waals surface area contributed by atoms with Crippen molar-refractivity contribution in [3.63, 3.8) is 0 Å². The van der Waals surface area contributed by atoms with Gasteiger partial charge in [-0.1, -0.05) is 75.3 Å². The van der Waals surface area contributed by atoms with Crippen molar-refractivity contribution in [3.05, 3.63) is 140 Å². The second kappa shape index (κ2) is 21.5. The van der Waals surface area contributed by atoms with E-state index in [9.17, 15) is 27.9 Å². The Morgan fingerprint density at radius 1 is 0.944 bits per heavy atom. The predicted octanol–water partition coefficient (Wildman–Crippen LogP) is 7.39. The molecule has 5 heterocycles. The van der Waals surface area contributed by atoms with Crippen molar-refractivity contribution < 1.29 is 32.6 Å². The van der Waals surface area contributed by atoms with Crippen LogP contribution >= 0.6 is 34.3 Å². The van der Waals surface area contributed by atoms with E-state index in [2.05, 4.69) is 44.6 Å². The summed E-state index contributed by atoms with van der Waals surface area (Å²) in [5.74, 6) is -0.314. The molecule has 6 aromatic rings. The fourth-order valence-corrected chi connectivity index (χ4v) is 12.1. The summed E-state index contributed by atoms with van der Waals surface area (Å²) in [6.45, 7) is 17.6. The number of thiophene rings is 1. The highest BCUT2D eigenvalue weighted by atomic mass is 35.5. The quantitative estimate of drug-likeness (QED) is 0.0708. The van der Waals surface area contributed by atoms with Crippen LogP contribution in [-0.2, 0) is 30.8 Å². The third kappa shape index (κ3) is 11.5. The normalized spacial score (nSPS) is 17.0. The van der Waals surface area contributed by atoms with Gasteiger partial charge in [-0.05, 0) is 86.2 Å². The number of nitrogens with zero attached hydrogens (tertiary/aromatic N) is 6. The Balaban J connectivity index is 0.838. The first-order chi connectivity index (χ1) is 34.2. The van der Waals surface area contributed by atoms with Gasteiger partial charge in [0.15, 0.2) is 22.3 Å². The topological polar surface area (TPSA) is 210 Å². The van der Waals surface area contributed by atoms with Crippen LogP contribution in [-0.4, -0.2) is 105 Å². The minimum Gasteiger partial charge on any atom is -0.484 e. The first-order valence-corrected chi connectivity index (χ1v) is 27.2.